The van der Waals surface area contributed by atoms with Crippen LogP contribution in [0.2, 0.25) is 0 Å². The molecular formula is C11H17N3. The average molecular weight is 191 g/mol. The van der Waals surface area contributed by atoms with Crippen molar-refractivity contribution in [1.29, 1.82) is 0 Å². The van der Waals surface area contributed by atoms with E-state index in [1.54, 1.807) is 0 Å². The first-order chi connectivity index (χ1) is 6.77. The molecule has 0 radical (unpaired) electrons. The zero-order valence-corrected chi connectivity index (χ0v) is 8.83. The molecule has 0 saturated heterocycles. The molecule has 0 amide bonds. The topological polar surface area (TPSA) is 29.9 Å². The molecule has 0 aliphatic heterocycles. The van der Waals surface area contributed by atoms with Gasteiger partial charge in [0.05, 0.1) is 12.2 Å². The van der Waals surface area contributed by atoms with Crippen molar-refractivity contribution >= 4 is 0 Å². The second-order valence-electron chi connectivity index (χ2n) is 3.35. The molecule has 1 atom stereocenters. The SMILES string of the molecule is C#CCNCc1ccn(C(C)CC)n1. The first kappa shape index (κ1) is 10.8. The second kappa shape index (κ2) is 5.46. The molecular weight excluding hydrogens is 174 g/mol. The van der Waals surface area contributed by atoms with Crippen LogP contribution in [0.3, 0.4) is 0 Å². The van der Waals surface area contributed by atoms with Crippen LogP contribution < -0.4 is 5.32 Å². The average Bonchev–Trinajstić information content (AvgIpc) is 2.66. The Morgan fingerprint density at radius 3 is 3.14 bits per heavy atom. The Morgan fingerprint density at radius 2 is 2.50 bits per heavy atom. The van der Waals surface area contributed by atoms with Gasteiger partial charge < -0.3 is 5.32 Å². The number of nitrogens with zero attached hydrogens (tertiary/aromatic N) is 2. The predicted octanol–water partition coefficient (Wildman–Crippen LogP) is 1.58. The standard InChI is InChI=1S/C11H17N3/c1-4-7-12-9-11-6-8-14(13-11)10(3)5-2/h1,6,8,10,12H,5,7,9H2,2-3H3. The van der Waals surface area contributed by atoms with Crippen LogP contribution in [0.5, 0.6) is 0 Å². The molecule has 1 aromatic heterocycles. The van der Waals surface area contributed by atoms with Crippen molar-refractivity contribution in [1.82, 2.24) is 15.1 Å². The zero-order valence-electron chi connectivity index (χ0n) is 8.83. The molecule has 0 aromatic carbocycles. The minimum Gasteiger partial charge on any atom is -0.300 e. The van der Waals surface area contributed by atoms with E-state index >= 15 is 0 Å². The predicted molar refractivity (Wildman–Crippen MR) is 57.8 cm³/mol. The van der Waals surface area contributed by atoms with Gasteiger partial charge in [-0.15, -0.1) is 6.42 Å². The van der Waals surface area contributed by atoms with E-state index in [0.29, 0.717) is 12.6 Å². The third kappa shape index (κ3) is 2.90. The van der Waals surface area contributed by atoms with E-state index in [4.69, 9.17) is 6.42 Å². The number of nitrogens with one attached hydrogen (secondary N) is 1. The lowest BCUT2D eigenvalue weighted by molar-refractivity contribution is 0.472. The minimum absolute atomic E-state index is 0.469. The number of hydrogen-bond donors (Lipinski definition) is 1. The van der Waals surface area contributed by atoms with Gasteiger partial charge >= 0.3 is 0 Å². The first-order valence-corrected chi connectivity index (χ1v) is 4.96. The van der Waals surface area contributed by atoms with E-state index < -0.39 is 0 Å². The maximum absolute atomic E-state index is 5.13. The summed E-state index contributed by atoms with van der Waals surface area (Å²) in [5.74, 6) is 2.53. The molecule has 1 unspecified atom stereocenters. The van der Waals surface area contributed by atoms with Crippen molar-refractivity contribution in [3.63, 3.8) is 0 Å². The van der Waals surface area contributed by atoms with Gasteiger partial charge in [0.1, 0.15) is 0 Å². The van der Waals surface area contributed by atoms with E-state index in [9.17, 15) is 0 Å². The molecule has 76 valence electrons. The summed E-state index contributed by atoms with van der Waals surface area (Å²) in [6, 6.07) is 2.49. The lowest BCUT2D eigenvalue weighted by Gasteiger charge is -2.08. The molecule has 1 rings (SSSR count). The van der Waals surface area contributed by atoms with Crippen molar-refractivity contribution in [2.45, 2.75) is 32.9 Å². The highest BCUT2D eigenvalue weighted by Crippen LogP contribution is 2.08. The fourth-order valence-corrected chi connectivity index (χ4v) is 1.17. The van der Waals surface area contributed by atoms with Gasteiger partial charge in [-0.1, -0.05) is 12.8 Å². The first-order valence-electron chi connectivity index (χ1n) is 4.96. The highest BCUT2D eigenvalue weighted by molar-refractivity contribution is 5.00. The molecule has 0 fully saturated rings. The summed E-state index contributed by atoms with van der Waals surface area (Å²) >= 11 is 0. The number of rotatable bonds is 5. The maximum atomic E-state index is 5.13. The van der Waals surface area contributed by atoms with Crippen LogP contribution >= 0.6 is 0 Å². The van der Waals surface area contributed by atoms with Crippen LogP contribution in [-0.2, 0) is 6.54 Å². The minimum atomic E-state index is 0.469. The molecule has 0 spiro atoms. The Bertz CT molecular complexity index is 309. The molecule has 0 aliphatic rings. The maximum Gasteiger partial charge on any atom is 0.0762 e. The summed E-state index contributed by atoms with van der Waals surface area (Å²) in [6.07, 6.45) is 8.24. The van der Waals surface area contributed by atoms with Gasteiger partial charge in [-0.05, 0) is 19.4 Å². The molecule has 1 heterocycles. The number of aromatic nitrogens is 2. The van der Waals surface area contributed by atoms with Crippen LogP contribution in [0, 0.1) is 12.3 Å². The van der Waals surface area contributed by atoms with Crippen LogP contribution in [0.4, 0.5) is 0 Å². The molecule has 3 heteroatoms. The Hall–Kier alpha value is -1.27. The van der Waals surface area contributed by atoms with Crippen molar-refractivity contribution in [3.05, 3.63) is 18.0 Å². The Kier molecular flexibility index (Phi) is 4.21. The van der Waals surface area contributed by atoms with Gasteiger partial charge in [-0.2, -0.15) is 5.10 Å². The largest absolute Gasteiger partial charge is 0.300 e. The molecule has 1 N–H and O–H groups in total. The van der Waals surface area contributed by atoms with Gasteiger partial charge in [-0.25, -0.2) is 0 Å². The Labute approximate surface area is 85.5 Å². The normalized spacial score (nSPS) is 12.4. The van der Waals surface area contributed by atoms with E-state index in [1.165, 1.54) is 0 Å². The summed E-state index contributed by atoms with van der Waals surface area (Å²) in [7, 11) is 0. The van der Waals surface area contributed by atoms with Crippen molar-refractivity contribution in [2.75, 3.05) is 6.54 Å². The monoisotopic (exact) mass is 191 g/mol. The van der Waals surface area contributed by atoms with Crippen LogP contribution in [0.1, 0.15) is 32.0 Å². The van der Waals surface area contributed by atoms with Gasteiger partial charge in [0.2, 0.25) is 0 Å². The summed E-state index contributed by atoms with van der Waals surface area (Å²) in [5, 5.41) is 7.55. The van der Waals surface area contributed by atoms with E-state index in [-0.39, 0.29) is 0 Å². The second-order valence-corrected chi connectivity index (χ2v) is 3.35. The third-order valence-electron chi connectivity index (χ3n) is 2.24. The van der Waals surface area contributed by atoms with Gasteiger partial charge in [0.15, 0.2) is 0 Å². The molecule has 3 nitrogen and oxygen atoms in total. The van der Waals surface area contributed by atoms with Crippen molar-refractivity contribution in [2.24, 2.45) is 0 Å². The van der Waals surface area contributed by atoms with Gasteiger partial charge in [-0.3, -0.25) is 4.68 Å². The third-order valence-corrected chi connectivity index (χ3v) is 2.24. The summed E-state index contributed by atoms with van der Waals surface area (Å²) in [5.41, 5.74) is 1.04. The fourth-order valence-electron chi connectivity index (χ4n) is 1.17. The van der Waals surface area contributed by atoms with E-state index in [0.717, 1.165) is 18.7 Å². The van der Waals surface area contributed by atoms with Crippen molar-refractivity contribution < 1.29 is 0 Å². The van der Waals surface area contributed by atoms with Crippen molar-refractivity contribution in [3.8, 4) is 12.3 Å². The highest BCUT2D eigenvalue weighted by atomic mass is 15.3. The quantitative estimate of drug-likeness (QED) is 0.565. The molecule has 0 aliphatic carbocycles. The summed E-state index contributed by atoms with van der Waals surface area (Å²) in [6.45, 7) is 5.65. The van der Waals surface area contributed by atoms with Crippen LogP contribution in [0.25, 0.3) is 0 Å². The van der Waals surface area contributed by atoms with E-state index in [2.05, 4.69) is 30.2 Å². The van der Waals surface area contributed by atoms with E-state index in [1.807, 2.05) is 16.9 Å². The molecule has 0 saturated carbocycles. The van der Waals surface area contributed by atoms with Crippen LogP contribution in [-0.4, -0.2) is 16.3 Å². The lowest BCUT2D eigenvalue weighted by atomic mass is 10.3. The molecule has 14 heavy (non-hydrogen) atoms. The summed E-state index contributed by atoms with van der Waals surface area (Å²) in [4.78, 5) is 0. The number of terminal acetylenes is 1. The Morgan fingerprint density at radius 1 is 1.71 bits per heavy atom. The summed E-state index contributed by atoms with van der Waals surface area (Å²) < 4.78 is 1.99. The van der Waals surface area contributed by atoms with Gasteiger partial charge in [0, 0.05) is 18.8 Å². The molecule has 0 bridgehead atoms. The molecule has 1 aromatic rings. The number of hydrogen-bond acceptors (Lipinski definition) is 2. The fraction of sp³-hybridized carbons (Fsp3) is 0.545. The van der Waals surface area contributed by atoms with Gasteiger partial charge in [0.25, 0.3) is 0 Å². The Balaban J connectivity index is 2.47. The van der Waals surface area contributed by atoms with Crippen LogP contribution in [0.15, 0.2) is 12.3 Å². The smallest absolute Gasteiger partial charge is 0.0762 e. The lowest BCUT2D eigenvalue weighted by Crippen LogP contribution is -2.14. The zero-order chi connectivity index (χ0) is 10.4. The highest BCUT2D eigenvalue weighted by Gasteiger charge is 2.03.